The predicted molar refractivity (Wildman–Crippen MR) is 132 cm³/mol. The highest BCUT2D eigenvalue weighted by molar-refractivity contribution is 5.83. The molecule has 0 unspecified atom stereocenters. The van der Waals surface area contributed by atoms with Crippen molar-refractivity contribution in [3.8, 4) is 0 Å². The third kappa shape index (κ3) is 4.03. The number of nitrogens with zero attached hydrogens (tertiary/aromatic N) is 5. The topological polar surface area (TPSA) is 45.2 Å². The van der Waals surface area contributed by atoms with Crippen LogP contribution in [-0.2, 0) is 6.42 Å². The van der Waals surface area contributed by atoms with Crippen molar-refractivity contribution in [3.05, 3.63) is 88.9 Å². The summed E-state index contributed by atoms with van der Waals surface area (Å²) >= 11 is 0. The van der Waals surface area contributed by atoms with E-state index >= 15 is 0 Å². The smallest absolute Gasteiger partial charge is 0.136 e. The van der Waals surface area contributed by atoms with Crippen molar-refractivity contribution in [2.75, 3.05) is 36.0 Å². The average molecular weight is 424 g/mol. The first-order chi connectivity index (χ1) is 15.6. The summed E-state index contributed by atoms with van der Waals surface area (Å²) in [4.78, 5) is 19.3. The maximum absolute atomic E-state index is 4.94. The molecule has 1 aliphatic heterocycles. The first-order valence-corrected chi connectivity index (χ1v) is 11.3. The van der Waals surface area contributed by atoms with Gasteiger partial charge in [-0.1, -0.05) is 48.5 Å². The van der Waals surface area contributed by atoms with Gasteiger partial charge in [-0.3, -0.25) is 0 Å². The van der Waals surface area contributed by atoms with Gasteiger partial charge in [0.05, 0.1) is 5.52 Å². The van der Waals surface area contributed by atoms with Gasteiger partial charge in [-0.25, -0.2) is 15.0 Å². The number of piperazine rings is 1. The van der Waals surface area contributed by atoms with E-state index in [1.54, 1.807) is 0 Å². The molecule has 5 heteroatoms. The van der Waals surface area contributed by atoms with Gasteiger partial charge in [0.25, 0.3) is 0 Å². The second-order valence-corrected chi connectivity index (χ2v) is 8.61. The molecule has 32 heavy (non-hydrogen) atoms. The molecule has 0 radical (unpaired) electrons. The van der Waals surface area contributed by atoms with E-state index in [2.05, 4.69) is 89.3 Å². The monoisotopic (exact) mass is 423 g/mol. The highest BCUT2D eigenvalue weighted by Gasteiger charge is 2.23. The van der Waals surface area contributed by atoms with Crippen LogP contribution < -0.4 is 9.80 Å². The van der Waals surface area contributed by atoms with Crippen molar-refractivity contribution < 1.29 is 0 Å². The Morgan fingerprint density at radius 1 is 0.750 bits per heavy atom. The van der Waals surface area contributed by atoms with Gasteiger partial charge in [-0.05, 0) is 44.0 Å². The average Bonchev–Trinajstić information content (AvgIpc) is 2.81. The standard InChI is InChI=1S/C27H29N5/c1-19-17-26(30-25-12-8-7-11-23(19)25)31-13-15-32(16-14-31)27-24(20(2)28-21(3)29-27)18-22-9-5-4-6-10-22/h4-12,17H,13-16,18H2,1-3H3. The van der Waals surface area contributed by atoms with Crippen molar-refractivity contribution >= 4 is 22.5 Å². The third-order valence-corrected chi connectivity index (χ3v) is 6.34. The fourth-order valence-electron chi connectivity index (χ4n) is 4.63. The maximum atomic E-state index is 4.94. The van der Waals surface area contributed by atoms with Gasteiger partial charge >= 0.3 is 0 Å². The van der Waals surface area contributed by atoms with Crippen LogP contribution in [0.1, 0.15) is 28.2 Å². The Kier molecular flexibility index (Phi) is 5.48. The summed E-state index contributed by atoms with van der Waals surface area (Å²) in [7, 11) is 0. The SMILES string of the molecule is Cc1nc(C)c(Cc2ccccc2)c(N2CCN(c3cc(C)c4ccccc4n3)CC2)n1. The molecular formula is C27H29N5. The lowest BCUT2D eigenvalue weighted by Gasteiger charge is -2.37. The van der Waals surface area contributed by atoms with E-state index in [1.807, 2.05) is 6.92 Å². The third-order valence-electron chi connectivity index (χ3n) is 6.34. The first-order valence-electron chi connectivity index (χ1n) is 11.3. The van der Waals surface area contributed by atoms with Crippen molar-refractivity contribution in [2.45, 2.75) is 27.2 Å². The second-order valence-electron chi connectivity index (χ2n) is 8.61. The second kappa shape index (κ2) is 8.58. The number of aryl methyl sites for hydroxylation is 3. The zero-order valence-corrected chi connectivity index (χ0v) is 19.0. The lowest BCUT2D eigenvalue weighted by Crippen LogP contribution is -2.47. The van der Waals surface area contributed by atoms with Gasteiger partial charge in [0.1, 0.15) is 17.5 Å². The van der Waals surface area contributed by atoms with Crippen LogP contribution in [0.3, 0.4) is 0 Å². The summed E-state index contributed by atoms with van der Waals surface area (Å²) in [6.45, 7) is 9.97. The summed E-state index contributed by atoms with van der Waals surface area (Å²) < 4.78 is 0. The van der Waals surface area contributed by atoms with Gasteiger partial charge in [0.15, 0.2) is 0 Å². The van der Waals surface area contributed by atoms with Gasteiger partial charge in [-0.2, -0.15) is 0 Å². The van der Waals surface area contributed by atoms with Crippen LogP contribution in [-0.4, -0.2) is 41.1 Å². The number of fused-ring (bicyclic) bond motifs is 1. The molecule has 2 aromatic carbocycles. The predicted octanol–water partition coefficient (Wildman–Crippen LogP) is 4.87. The Morgan fingerprint density at radius 2 is 1.44 bits per heavy atom. The Hall–Kier alpha value is -3.47. The molecule has 1 saturated heterocycles. The zero-order valence-electron chi connectivity index (χ0n) is 19.0. The molecule has 5 rings (SSSR count). The number of hydrogen-bond donors (Lipinski definition) is 0. The van der Waals surface area contributed by atoms with Gasteiger partial charge in [0, 0.05) is 49.2 Å². The highest BCUT2D eigenvalue weighted by atomic mass is 15.3. The van der Waals surface area contributed by atoms with E-state index in [1.165, 1.54) is 22.1 Å². The maximum Gasteiger partial charge on any atom is 0.136 e. The van der Waals surface area contributed by atoms with Crippen LogP contribution in [0.5, 0.6) is 0 Å². The minimum Gasteiger partial charge on any atom is -0.353 e. The van der Waals surface area contributed by atoms with E-state index in [0.29, 0.717) is 0 Å². The summed E-state index contributed by atoms with van der Waals surface area (Å²) in [6.07, 6.45) is 0.855. The Bertz CT molecular complexity index is 1240. The van der Waals surface area contributed by atoms with Crippen LogP contribution in [0.4, 0.5) is 11.6 Å². The normalized spacial score (nSPS) is 14.2. The fraction of sp³-hybridized carbons (Fsp3) is 0.296. The molecule has 0 amide bonds. The van der Waals surface area contributed by atoms with E-state index in [9.17, 15) is 0 Å². The van der Waals surface area contributed by atoms with E-state index in [0.717, 1.165) is 61.3 Å². The van der Waals surface area contributed by atoms with Gasteiger partial charge in [-0.15, -0.1) is 0 Å². The molecule has 5 nitrogen and oxygen atoms in total. The number of hydrogen-bond acceptors (Lipinski definition) is 5. The minimum absolute atomic E-state index is 0.837. The number of pyridine rings is 1. The largest absolute Gasteiger partial charge is 0.353 e. The Balaban J connectivity index is 1.39. The number of anilines is 2. The molecule has 1 aliphatic rings. The lowest BCUT2D eigenvalue weighted by molar-refractivity contribution is 0.637. The van der Waals surface area contributed by atoms with Crippen LogP contribution in [0.2, 0.25) is 0 Å². The van der Waals surface area contributed by atoms with Crippen LogP contribution in [0, 0.1) is 20.8 Å². The molecule has 0 N–H and O–H groups in total. The summed E-state index contributed by atoms with van der Waals surface area (Å²) in [5, 5.41) is 1.23. The van der Waals surface area contributed by atoms with E-state index < -0.39 is 0 Å². The van der Waals surface area contributed by atoms with Gasteiger partial charge < -0.3 is 9.80 Å². The number of aromatic nitrogens is 3. The molecule has 162 valence electrons. The molecule has 4 aromatic rings. The van der Waals surface area contributed by atoms with Gasteiger partial charge in [0.2, 0.25) is 0 Å². The molecule has 0 bridgehead atoms. The number of rotatable bonds is 4. The molecule has 0 spiro atoms. The molecule has 0 aliphatic carbocycles. The highest BCUT2D eigenvalue weighted by Crippen LogP contribution is 2.27. The van der Waals surface area contributed by atoms with Crippen LogP contribution in [0.25, 0.3) is 10.9 Å². The number of para-hydroxylation sites is 1. The first kappa shape index (κ1) is 20.4. The summed E-state index contributed by atoms with van der Waals surface area (Å²) in [6, 6.07) is 21.2. The van der Waals surface area contributed by atoms with Crippen molar-refractivity contribution in [1.82, 2.24) is 15.0 Å². The Morgan fingerprint density at radius 3 is 2.22 bits per heavy atom. The fourth-order valence-corrected chi connectivity index (χ4v) is 4.63. The molecule has 3 heterocycles. The number of benzene rings is 2. The Labute approximate surface area is 189 Å². The molecular weight excluding hydrogens is 394 g/mol. The van der Waals surface area contributed by atoms with Crippen molar-refractivity contribution in [1.29, 1.82) is 0 Å². The summed E-state index contributed by atoms with van der Waals surface area (Å²) in [5.74, 6) is 2.99. The van der Waals surface area contributed by atoms with Crippen LogP contribution in [0.15, 0.2) is 60.7 Å². The van der Waals surface area contributed by atoms with E-state index in [4.69, 9.17) is 9.97 Å². The van der Waals surface area contributed by atoms with Crippen molar-refractivity contribution in [3.63, 3.8) is 0 Å². The zero-order chi connectivity index (χ0) is 22.1. The molecule has 0 atom stereocenters. The van der Waals surface area contributed by atoms with E-state index in [-0.39, 0.29) is 0 Å². The molecule has 1 fully saturated rings. The van der Waals surface area contributed by atoms with Crippen molar-refractivity contribution in [2.24, 2.45) is 0 Å². The summed E-state index contributed by atoms with van der Waals surface area (Å²) in [5.41, 5.74) is 5.94. The quantitative estimate of drug-likeness (QED) is 0.469. The lowest BCUT2D eigenvalue weighted by atomic mass is 10.0. The molecule has 2 aromatic heterocycles. The van der Waals surface area contributed by atoms with Crippen LogP contribution >= 0.6 is 0 Å². The minimum atomic E-state index is 0.837. The molecule has 0 saturated carbocycles.